The topological polar surface area (TPSA) is 50.2 Å². The van der Waals surface area contributed by atoms with E-state index in [2.05, 4.69) is 22.2 Å². The van der Waals surface area contributed by atoms with E-state index in [1.54, 1.807) is 12.1 Å². The van der Waals surface area contributed by atoms with Crippen LogP contribution in [0.5, 0.6) is 0 Å². The van der Waals surface area contributed by atoms with Crippen LogP contribution in [-0.2, 0) is 18.4 Å². The van der Waals surface area contributed by atoms with Crippen LogP contribution in [0.25, 0.3) is 11.3 Å². The Kier molecular flexibility index (Phi) is 5.00. The smallest absolute Gasteiger partial charge is 0.223 e. The van der Waals surface area contributed by atoms with Gasteiger partial charge in [-0.25, -0.2) is 4.39 Å². The fourth-order valence-electron chi connectivity index (χ4n) is 3.91. The zero-order valence-corrected chi connectivity index (χ0v) is 16.0. The van der Waals surface area contributed by atoms with E-state index in [4.69, 9.17) is 0 Å². The van der Waals surface area contributed by atoms with Gasteiger partial charge in [-0.3, -0.25) is 14.4 Å². The summed E-state index contributed by atoms with van der Waals surface area (Å²) < 4.78 is 15.9. The zero-order chi connectivity index (χ0) is 19.0. The van der Waals surface area contributed by atoms with E-state index in [9.17, 15) is 9.18 Å². The summed E-state index contributed by atoms with van der Waals surface area (Å²) in [6, 6.07) is 9.01. The average molecular weight is 370 g/mol. The number of benzene rings is 1. The first kappa shape index (κ1) is 18.2. The summed E-state index contributed by atoms with van der Waals surface area (Å²) in [6.07, 6.45) is 2.99. The number of hydrogen-bond donors (Lipinski definition) is 1. The second-order valence-electron chi connectivity index (χ2n) is 8.00. The van der Waals surface area contributed by atoms with Gasteiger partial charge in [0.1, 0.15) is 5.82 Å². The van der Waals surface area contributed by atoms with Crippen molar-refractivity contribution in [2.45, 2.75) is 38.8 Å². The molecule has 0 bridgehead atoms. The normalized spacial score (nSPS) is 23.4. The van der Waals surface area contributed by atoms with Crippen molar-refractivity contribution in [2.24, 2.45) is 18.9 Å². The molecule has 0 radical (unpaired) electrons. The van der Waals surface area contributed by atoms with Crippen molar-refractivity contribution >= 4 is 5.91 Å². The van der Waals surface area contributed by atoms with Gasteiger partial charge in [-0.1, -0.05) is 19.1 Å². The number of nitrogens with one attached hydrogen (secondary N) is 1. The molecule has 5 nitrogen and oxygen atoms in total. The monoisotopic (exact) mass is 370 g/mol. The van der Waals surface area contributed by atoms with Gasteiger partial charge >= 0.3 is 0 Å². The molecule has 1 saturated heterocycles. The lowest BCUT2D eigenvalue weighted by Crippen LogP contribution is -2.45. The van der Waals surface area contributed by atoms with Gasteiger partial charge in [0.15, 0.2) is 0 Å². The van der Waals surface area contributed by atoms with Crippen LogP contribution in [-0.4, -0.2) is 39.7 Å². The molecule has 0 spiro atoms. The quantitative estimate of drug-likeness (QED) is 0.880. The molecule has 4 rings (SSSR count). The molecule has 2 aliphatic rings. The molecule has 2 fully saturated rings. The molecule has 1 aromatic heterocycles. The van der Waals surface area contributed by atoms with Crippen LogP contribution in [0.2, 0.25) is 0 Å². The summed E-state index contributed by atoms with van der Waals surface area (Å²) in [5.41, 5.74) is 2.28. The molecular formula is C21H27FN4O. The number of nitrogens with zero attached hydrogens (tertiary/aromatic N) is 3. The highest BCUT2D eigenvalue weighted by Gasteiger charge is 2.39. The third-order valence-corrected chi connectivity index (χ3v) is 5.89. The van der Waals surface area contributed by atoms with Crippen molar-refractivity contribution in [1.29, 1.82) is 0 Å². The predicted octanol–water partition coefficient (Wildman–Crippen LogP) is 2.96. The van der Waals surface area contributed by atoms with Crippen LogP contribution in [0, 0.1) is 17.7 Å². The van der Waals surface area contributed by atoms with Crippen molar-refractivity contribution in [3.05, 3.63) is 41.8 Å². The van der Waals surface area contributed by atoms with Crippen LogP contribution >= 0.6 is 0 Å². The first-order valence-electron chi connectivity index (χ1n) is 9.82. The highest BCUT2D eigenvalue weighted by atomic mass is 19.1. The number of piperidine rings is 1. The maximum Gasteiger partial charge on any atom is 0.223 e. The van der Waals surface area contributed by atoms with Gasteiger partial charge in [0.2, 0.25) is 5.91 Å². The Bertz CT molecular complexity index is 825. The molecule has 1 N–H and O–H groups in total. The molecule has 2 heterocycles. The number of halogens is 1. The first-order chi connectivity index (χ1) is 13.0. The van der Waals surface area contributed by atoms with Crippen molar-refractivity contribution in [2.75, 3.05) is 13.1 Å². The van der Waals surface area contributed by atoms with E-state index < -0.39 is 0 Å². The van der Waals surface area contributed by atoms with Crippen LogP contribution in [0.3, 0.4) is 0 Å². The van der Waals surface area contributed by atoms with Crippen molar-refractivity contribution < 1.29 is 9.18 Å². The minimum atomic E-state index is -0.247. The second kappa shape index (κ2) is 7.43. The van der Waals surface area contributed by atoms with Crippen LogP contribution < -0.4 is 5.32 Å². The summed E-state index contributed by atoms with van der Waals surface area (Å²) in [4.78, 5) is 14.5. The number of likely N-dealkylation sites (tertiary alicyclic amines) is 1. The van der Waals surface area contributed by atoms with E-state index in [1.807, 2.05) is 23.9 Å². The minimum Gasteiger partial charge on any atom is -0.353 e. The number of hydrogen-bond acceptors (Lipinski definition) is 3. The first-order valence-corrected chi connectivity index (χ1v) is 9.82. The highest BCUT2D eigenvalue weighted by molar-refractivity contribution is 5.81. The van der Waals surface area contributed by atoms with E-state index >= 15 is 0 Å². The summed E-state index contributed by atoms with van der Waals surface area (Å²) in [5, 5.41) is 7.70. The lowest BCUT2D eigenvalue weighted by molar-refractivity contribution is -0.123. The van der Waals surface area contributed by atoms with E-state index in [0.717, 1.165) is 44.6 Å². The molecule has 1 aliphatic carbocycles. The standard InChI is InChI=1S/C21H27FN4O/c1-14-11-18(14)21(27)23-15-7-9-26(10-8-15)13-16-12-20(24-25(16)2)17-5-3-4-6-19(17)22/h3-6,12,14-15,18H,7-11,13H2,1-2H3,(H,23,27)/t14-,18-/m0/s1. The molecule has 1 aliphatic heterocycles. The van der Waals surface area contributed by atoms with Crippen LogP contribution in [0.1, 0.15) is 31.9 Å². The Morgan fingerprint density at radius 3 is 2.67 bits per heavy atom. The zero-order valence-electron chi connectivity index (χ0n) is 16.0. The number of aromatic nitrogens is 2. The van der Waals surface area contributed by atoms with E-state index in [1.165, 1.54) is 6.07 Å². The second-order valence-corrected chi connectivity index (χ2v) is 8.00. The largest absolute Gasteiger partial charge is 0.353 e. The van der Waals surface area contributed by atoms with Crippen molar-refractivity contribution in [1.82, 2.24) is 20.0 Å². The Labute approximate surface area is 159 Å². The molecule has 2 aromatic rings. The summed E-state index contributed by atoms with van der Waals surface area (Å²) in [7, 11) is 1.91. The van der Waals surface area contributed by atoms with E-state index in [0.29, 0.717) is 23.2 Å². The predicted molar refractivity (Wildman–Crippen MR) is 102 cm³/mol. The number of aryl methyl sites for hydroxylation is 1. The summed E-state index contributed by atoms with van der Waals surface area (Å²) >= 11 is 0. The number of rotatable bonds is 5. The molecule has 1 saturated carbocycles. The van der Waals surface area contributed by atoms with Gasteiger partial charge in [-0.2, -0.15) is 5.10 Å². The maximum atomic E-state index is 14.0. The third-order valence-electron chi connectivity index (χ3n) is 5.89. The third kappa shape index (κ3) is 4.05. The van der Waals surface area contributed by atoms with Crippen LogP contribution in [0.15, 0.2) is 30.3 Å². The van der Waals surface area contributed by atoms with Gasteiger partial charge in [0, 0.05) is 44.2 Å². The van der Waals surface area contributed by atoms with Gasteiger partial charge in [0.05, 0.1) is 11.4 Å². The Morgan fingerprint density at radius 1 is 1.30 bits per heavy atom. The van der Waals surface area contributed by atoms with Gasteiger partial charge in [-0.05, 0) is 43.4 Å². The van der Waals surface area contributed by atoms with Crippen molar-refractivity contribution in [3.63, 3.8) is 0 Å². The fraction of sp³-hybridized carbons (Fsp3) is 0.524. The molecule has 27 heavy (non-hydrogen) atoms. The highest BCUT2D eigenvalue weighted by Crippen LogP contribution is 2.37. The Balaban J connectivity index is 1.33. The van der Waals surface area contributed by atoms with Gasteiger partial charge in [-0.15, -0.1) is 0 Å². The number of amides is 1. The maximum absolute atomic E-state index is 14.0. The lowest BCUT2D eigenvalue weighted by Gasteiger charge is -2.32. The van der Waals surface area contributed by atoms with E-state index in [-0.39, 0.29) is 17.6 Å². The number of carbonyl (C=O) groups excluding carboxylic acids is 1. The molecule has 2 atom stereocenters. The molecule has 6 heteroatoms. The molecule has 1 amide bonds. The molecule has 1 aromatic carbocycles. The Hall–Kier alpha value is -2.21. The number of carbonyl (C=O) groups is 1. The average Bonchev–Trinajstić information content (AvgIpc) is 3.28. The lowest BCUT2D eigenvalue weighted by atomic mass is 10.0. The Morgan fingerprint density at radius 2 is 2.00 bits per heavy atom. The molecule has 144 valence electrons. The molecule has 0 unspecified atom stereocenters. The van der Waals surface area contributed by atoms with Gasteiger partial charge in [0.25, 0.3) is 0 Å². The minimum absolute atomic E-state index is 0.238. The fourth-order valence-corrected chi connectivity index (χ4v) is 3.91. The summed E-state index contributed by atoms with van der Waals surface area (Å²) in [5.74, 6) is 0.790. The summed E-state index contributed by atoms with van der Waals surface area (Å²) in [6.45, 7) is 4.82. The SMILES string of the molecule is C[C@H]1C[C@@H]1C(=O)NC1CCN(Cc2cc(-c3ccccc3F)nn2C)CC1. The molecular weight excluding hydrogens is 343 g/mol. The van der Waals surface area contributed by atoms with Crippen LogP contribution in [0.4, 0.5) is 4.39 Å². The van der Waals surface area contributed by atoms with Gasteiger partial charge < -0.3 is 5.32 Å². The van der Waals surface area contributed by atoms with Crippen molar-refractivity contribution in [3.8, 4) is 11.3 Å².